The average molecular weight is 230 g/mol. The molecular formula is C12H13F3O. The van der Waals surface area contributed by atoms with Crippen molar-refractivity contribution in [3.8, 4) is 0 Å². The van der Waals surface area contributed by atoms with Gasteiger partial charge < -0.3 is 5.11 Å². The summed E-state index contributed by atoms with van der Waals surface area (Å²) in [6, 6.07) is 1.25. The maximum atomic E-state index is 13.4. The molecule has 0 spiro atoms. The van der Waals surface area contributed by atoms with Crippen LogP contribution in [0.15, 0.2) is 12.1 Å². The molecule has 0 bridgehead atoms. The highest BCUT2D eigenvalue weighted by Crippen LogP contribution is 2.36. The normalized spacial score (nSPS) is 19.0. The number of aliphatic hydroxyl groups excluding tert-OH is 1. The maximum Gasteiger partial charge on any atom is 0.161 e. The fourth-order valence-electron chi connectivity index (χ4n) is 2.29. The van der Waals surface area contributed by atoms with E-state index in [1.54, 1.807) is 0 Å². The van der Waals surface area contributed by atoms with Crippen molar-refractivity contribution in [2.75, 3.05) is 0 Å². The minimum atomic E-state index is -1.22. The highest BCUT2D eigenvalue weighted by Gasteiger charge is 2.27. The molecule has 0 aliphatic heterocycles. The largest absolute Gasteiger partial charge is 0.388 e. The van der Waals surface area contributed by atoms with Crippen LogP contribution < -0.4 is 0 Å². The molecule has 1 aliphatic rings. The SMILES string of the molecule is O[C@H](c1cc(F)c(F)cc1F)C1CCCC1. The second-order valence-corrected chi connectivity index (χ2v) is 4.28. The lowest BCUT2D eigenvalue weighted by Crippen LogP contribution is -2.11. The molecule has 0 heterocycles. The van der Waals surface area contributed by atoms with Gasteiger partial charge >= 0.3 is 0 Å². The number of benzene rings is 1. The van der Waals surface area contributed by atoms with Gasteiger partial charge in [-0.3, -0.25) is 0 Å². The Morgan fingerprint density at radius 2 is 1.56 bits per heavy atom. The molecule has 16 heavy (non-hydrogen) atoms. The van der Waals surface area contributed by atoms with Crippen molar-refractivity contribution in [3.63, 3.8) is 0 Å². The van der Waals surface area contributed by atoms with Gasteiger partial charge in [-0.25, -0.2) is 13.2 Å². The first-order valence-corrected chi connectivity index (χ1v) is 5.42. The van der Waals surface area contributed by atoms with Gasteiger partial charge in [0.05, 0.1) is 6.10 Å². The summed E-state index contributed by atoms with van der Waals surface area (Å²) < 4.78 is 39.0. The van der Waals surface area contributed by atoms with Crippen LogP contribution in [0.1, 0.15) is 37.4 Å². The lowest BCUT2D eigenvalue weighted by molar-refractivity contribution is 0.107. The van der Waals surface area contributed by atoms with E-state index >= 15 is 0 Å². The van der Waals surface area contributed by atoms with Gasteiger partial charge in [0, 0.05) is 11.6 Å². The molecule has 1 atom stereocenters. The second-order valence-electron chi connectivity index (χ2n) is 4.28. The van der Waals surface area contributed by atoms with Gasteiger partial charge in [-0.2, -0.15) is 0 Å². The van der Waals surface area contributed by atoms with Gasteiger partial charge in [-0.15, -0.1) is 0 Å². The van der Waals surface area contributed by atoms with Crippen molar-refractivity contribution in [2.45, 2.75) is 31.8 Å². The minimum absolute atomic E-state index is 0.0423. The van der Waals surface area contributed by atoms with E-state index in [0.717, 1.165) is 31.7 Å². The van der Waals surface area contributed by atoms with Crippen LogP contribution in [0.5, 0.6) is 0 Å². The molecule has 4 heteroatoms. The lowest BCUT2D eigenvalue weighted by Gasteiger charge is -2.18. The first kappa shape index (κ1) is 11.5. The summed E-state index contributed by atoms with van der Waals surface area (Å²) in [5.74, 6) is -3.26. The van der Waals surface area contributed by atoms with E-state index in [0.29, 0.717) is 6.07 Å². The van der Waals surface area contributed by atoms with Gasteiger partial charge in [-0.05, 0) is 24.8 Å². The molecule has 1 aromatic carbocycles. The zero-order valence-electron chi connectivity index (χ0n) is 8.72. The molecule has 2 rings (SSSR count). The molecule has 0 unspecified atom stereocenters. The van der Waals surface area contributed by atoms with Gasteiger partial charge in [0.15, 0.2) is 11.6 Å². The fourth-order valence-corrected chi connectivity index (χ4v) is 2.29. The zero-order valence-corrected chi connectivity index (χ0v) is 8.72. The molecular weight excluding hydrogens is 217 g/mol. The van der Waals surface area contributed by atoms with Crippen molar-refractivity contribution in [1.29, 1.82) is 0 Å². The Morgan fingerprint density at radius 1 is 1.00 bits per heavy atom. The average Bonchev–Trinajstić information content (AvgIpc) is 2.75. The van der Waals surface area contributed by atoms with E-state index < -0.39 is 23.6 Å². The topological polar surface area (TPSA) is 20.2 Å². The Bertz CT molecular complexity index is 386. The van der Waals surface area contributed by atoms with Crippen molar-refractivity contribution in [3.05, 3.63) is 35.1 Å². The monoisotopic (exact) mass is 230 g/mol. The van der Waals surface area contributed by atoms with Gasteiger partial charge in [0.25, 0.3) is 0 Å². The molecule has 88 valence electrons. The molecule has 1 fully saturated rings. The van der Waals surface area contributed by atoms with Crippen LogP contribution in [-0.2, 0) is 0 Å². The zero-order chi connectivity index (χ0) is 11.7. The molecule has 1 aromatic rings. The third-order valence-corrected chi connectivity index (χ3v) is 3.20. The maximum absolute atomic E-state index is 13.4. The number of halogens is 3. The Kier molecular flexibility index (Phi) is 3.19. The van der Waals surface area contributed by atoms with Gasteiger partial charge in [-0.1, -0.05) is 12.8 Å². The predicted molar refractivity (Wildman–Crippen MR) is 53.2 cm³/mol. The molecule has 0 aromatic heterocycles. The molecule has 0 radical (unpaired) electrons. The smallest absolute Gasteiger partial charge is 0.161 e. The standard InChI is InChI=1S/C12H13F3O/c13-9-6-11(15)10(14)5-8(9)12(16)7-3-1-2-4-7/h5-7,12,16H,1-4H2/t12-/m0/s1. The first-order chi connectivity index (χ1) is 7.59. The number of rotatable bonds is 2. The van der Waals surface area contributed by atoms with E-state index in [4.69, 9.17) is 0 Å². The minimum Gasteiger partial charge on any atom is -0.388 e. The third-order valence-electron chi connectivity index (χ3n) is 3.20. The van der Waals surface area contributed by atoms with Crippen LogP contribution in [0.3, 0.4) is 0 Å². The van der Waals surface area contributed by atoms with Crippen molar-refractivity contribution >= 4 is 0 Å². The Morgan fingerprint density at radius 3 is 2.19 bits per heavy atom. The van der Waals surface area contributed by atoms with E-state index in [1.807, 2.05) is 0 Å². The third kappa shape index (κ3) is 2.07. The molecule has 0 saturated heterocycles. The number of hydrogen-bond acceptors (Lipinski definition) is 1. The summed E-state index contributed by atoms with van der Waals surface area (Å²) in [4.78, 5) is 0. The summed E-state index contributed by atoms with van der Waals surface area (Å²) in [5.41, 5.74) is -0.134. The highest BCUT2D eigenvalue weighted by molar-refractivity contribution is 5.23. The summed E-state index contributed by atoms with van der Waals surface area (Å²) in [7, 11) is 0. The Hall–Kier alpha value is -1.03. The van der Waals surface area contributed by atoms with Crippen LogP contribution in [0, 0.1) is 23.4 Å². The number of aliphatic hydroxyl groups is 1. The summed E-state index contributed by atoms with van der Waals surface area (Å²) >= 11 is 0. The summed E-state index contributed by atoms with van der Waals surface area (Å²) in [6.45, 7) is 0. The number of hydrogen-bond donors (Lipinski definition) is 1. The molecule has 1 aliphatic carbocycles. The van der Waals surface area contributed by atoms with Crippen molar-refractivity contribution in [1.82, 2.24) is 0 Å². The van der Waals surface area contributed by atoms with Crippen LogP contribution >= 0.6 is 0 Å². The summed E-state index contributed by atoms with van der Waals surface area (Å²) in [5, 5.41) is 9.89. The fraction of sp³-hybridized carbons (Fsp3) is 0.500. The second kappa shape index (κ2) is 4.45. The van der Waals surface area contributed by atoms with Crippen molar-refractivity contribution < 1.29 is 18.3 Å². The molecule has 1 saturated carbocycles. The van der Waals surface area contributed by atoms with Gasteiger partial charge in [0.2, 0.25) is 0 Å². The van der Waals surface area contributed by atoms with Crippen LogP contribution in [-0.4, -0.2) is 5.11 Å². The van der Waals surface area contributed by atoms with E-state index in [-0.39, 0.29) is 11.5 Å². The Labute approximate surface area is 91.9 Å². The van der Waals surface area contributed by atoms with Crippen LogP contribution in [0.2, 0.25) is 0 Å². The molecule has 1 nitrogen and oxygen atoms in total. The highest BCUT2D eigenvalue weighted by atomic mass is 19.2. The summed E-state index contributed by atoms with van der Waals surface area (Å²) in [6.07, 6.45) is 2.57. The lowest BCUT2D eigenvalue weighted by atomic mass is 9.94. The predicted octanol–water partition coefficient (Wildman–Crippen LogP) is 3.33. The van der Waals surface area contributed by atoms with Crippen molar-refractivity contribution in [2.24, 2.45) is 5.92 Å². The van der Waals surface area contributed by atoms with E-state index in [9.17, 15) is 18.3 Å². The van der Waals surface area contributed by atoms with E-state index in [2.05, 4.69) is 0 Å². The molecule has 1 N–H and O–H groups in total. The van der Waals surface area contributed by atoms with Crippen LogP contribution in [0.4, 0.5) is 13.2 Å². The molecule has 0 amide bonds. The van der Waals surface area contributed by atoms with E-state index in [1.165, 1.54) is 0 Å². The van der Waals surface area contributed by atoms with Gasteiger partial charge in [0.1, 0.15) is 5.82 Å². The van der Waals surface area contributed by atoms with Crippen LogP contribution in [0.25, 0.3) is 0 Å². The first-order valence-electron chi connectivity index (χ1n) is 5.42. The quantitative estimate of drug-likeness (QED) is 0.772. The Balaban J connectivity index is 2.28.